The van der Waals surface area contributed by atoms with Gasteiger partial charge in [0.05, 0.1) is 11.2 Å². The van der Waals surface area contributed by atoms with Gasteiger partial charge in [0.2, 0.25) is 0 Å². The molecule has 0 fully saturated rings. The van der Waals surface area contributed by atoms with Gasteiger partial charge in [-0.25, -0.2) is 0 Å². The number of hydrogen-bond acceptors (Lipinski definition) is 3. The first-order valence-corrected chi connectivity index (χ1v) is 8.06. The predicted molar refractivity (Wildman–Crippen MR) is 85.3 cm³/mol. The maximum Gasteiger partial charge on any atom is 0.252 e. The van der Waals surface area contributed by atoms with E-state index in [1.54, 1.807) is 11.8 Å². The number of nitrogens with one attached hydrogen (secondary N) is 1. The van der Waals surface area contributed by atoms with Gasteiger partial charge in [-0.05, 0) is 25.0 Å². The molecule has 1 aromatic carbocycles. The predicted octanol–water partition coefficient (Wildman–Crippen LogP) is 3.47. The summed E-state index contributed by atoms with van der Waals surface area (Å²) in [5, 5.41) is 13.5. The van der Waals surface area contributed by atoms with Crippen molar-refractivity contribution in [2.75, 3.05) is 6.54 Å². The Morgan fingerprint density at radius 2 is 1.90 bits per heavy atom. The molecule has 0 saturated carbocycles. The van der Waals surface area contributed by atoms with Crippen LogP contribution in [0.5, 0.6) is 0 Å². The minimum Gasteiger partial charge on any atom is -0.388 e. The molecule has 0 spiro atoms. The van der Waals surface area contributed by atoms with E-state index < -0.39 is 5.60 Å². The standard InChI is InChI=1S/C16H25NO2S/c1-5-16(19,6-2)11-17-15(18)13-9-7-8-10-14(13)20-12(3)4/h7-10,12,19H,5-6,11H2,1-4H3,(H,17,18). The maximum absolute atomic E-state index is 12.3. The van der Waals surface area contributed by atoms with Crippen LogP contribution in [-0.2, 0) is 0 Å². The number of thioether (sulfide) groups is 1. The Bertz CT molecular complexity index is 442. The van der Waals surface area contributed by atoms with Gasteiger partial charge in [0.1, 0.15) is 0 Å². The van der Waals surface area contributed by atoms with E-state index in [9.17, 15) is 9.90 Å². The summed E-state index contributed by atoms with van der Waals surface area (Å²) in [6.07, 6.45) is 1.26. The molecule has 20 heavy (non-hydrogen) atoms. The SMILES string of the molecule is CCC(O)(CC)CNC(=O)c1ccccc1SC(C)C. The lowest BCUT2D eigenvalue weighted by Gasteiger charge is -2.25. The Hall–Kier alpha value is -1.00. The van der Waals surface area contributed by atoms with Crippen molar-refractivity contribution in [2.45, 2.75) is 56.3 Å². The molecule has 1 aromatic rings. The molecule has 0 aromatic heterocycles. The van der Waals surface area contributed by atoms with E-state index in [0.717, 1.165) is 4.90 Å². The lowest BCUT2D eigenvalue weighted by atomic mass is 9.97. The van der Waals surface area contributed by atoms with Crippen LogP contribution < -0.4 is 5.32 Å². The van der Waals surface area contributed by atoms with Gasteiger partial charge in [-0.3, -0.25) is 4.79 Å². The van der Waals surface area contributed by atoms with Crippen LogP contribution in [0.15, 0.2) is 29.2 Å². The lowest BCUT2D eigenvalue weighted by Crippen LogP contribution is -2.42. The molecule has 3 nitrogen and oxygen atoms in total. The van der Waals surface area contributed by atoms with Crippen molar-refractivity contribution in [3.63, 3.8) is 0 Å². The number of carbonyl (C=O) groups is 1. The lowest BCUT2D eigenvalue weighted by molar-refractivity contribution is 0.0313. The van der Waals surface area contributed by atoms with Gasteiger partial charge >= 0.3 is 0 Å². The fraction of sp³-hybridized carbons (Fsp3) is 0.562. The molecule has 2 N–H and O–H groups in total. The van der Waals surface area contributed by atoms with Crippen LogP contribution in [0.3, 0.4) is 0 Å². The molecule has 0 unspecified atom stereocenters. The molecular weight excluding hydrogens is 270 g/mol. The molecule has 0 aliphatic rings. The third kappa shape index (κ3) is 4.84. The van der Waals surface area contributed by atoms with Gasteiger partial charge in [0.25, 0.3) is 5.91 Å². The van der Waals surface area contributed by atoms with Gasteiger partial charge in [-0.15, -0.1) is 11.8 Å². The second-order valence-electron chi connectivity index (χ2n) is 5.28. The molecule has 0 aliphatic heterocycles. The van der Waals surface area contributed by atoms with E-state index in [4.69, 9.17) is 0 Å². The number of benzene rings is 1. The number of hydrogen-bond donors (Lipinski definition) is 2. The quantitative estimate of drug-likeness (QED) is 0.757. The average molecular weight is 295 g/mol. The highest BCUT2D eigenvalue weighted by atomic mass is 32.2. The van der Waals surface area contributed by atoms with Gasteiger partial charge < -0.3 is 10.4 Å². The Morgan fingerprint density at radius 3 is 2.45 bits per heavy atom. The number of aliphatic hydroxyl groups is 1. The summed E-state index contributed by atoms with van der Waals surface area (Å²) >= 11 is 1.67. The van der Waals surface area contributed by atoms with Gasteiger partial charge in [0, 0.05) is 16.7 Å². The van der Waals surface area contributed by atoms with Crippen molar-refractivity contribution in [1.29, 1.82) is 0 Å². The minimum atomic E-state index is -0.810. The van der Waals surface area contributed by atoms with Gasteiger partial charge in [-0.2, -0.15) is 0 Å². The largest absolute Gasteiger partial charge is 0.388 e. The van der Waals surface area contributed by atoms with Gasteiger partial charge in [-0.1, -0.05) is 39.8 Å². The Labute approximate surface area is 126 Å². The molecule has 0 atom stereocenters. The third-order valence-corrected chi connectivity index (χ3v) is 4.47. The number of carbonyl (C=O) groups excluding carboxylic acids is 1. The number of amides is 1. The highest BCUT2D eigenvalue weighted by Crippen LogP contribution is 2.26. The Morgan fingerprint density at radius 1 is 1.30 bits per heavy atom. The summed E-state index contributed by atoms with van der Waals surface area (Å²) < 4.78 is 0. The maximum atomic E-state index is 12.3. The fourth-order valence-corrected chi connectivity index (χ4v) is 2.80. The van der Waals surface area contributed by atoms with E-state index in [2.05, 4.69) is 19.2 Å². The first-order chi connectivity index (χ1) is 9.41. The van der Waals surface area contributed by atoms with Gasteiger partial charge in [0.15, 0.2) is 0 Å². The van der Waals surface area contributed by atoms with E-state index >= 15 is 0 Å². The first kappa shape index (κ1) is 17.1. The van der Waals surface area contributed by atoms with Crippen LogP contribution in [0.25, 0.3) is 0 Å². The van der Waals surface area contributed by atoms with Crippen LogP contribution in [-0.4, -0.2) is 28.4 Å². The molecule has 0 bridgehead atoms. The van der Waals surface area contributed by atoms with Crippen LogP contribution in [0.2, 0.25) is 0 Å². The topological polar surface area (TPSA) is 49.3 Å². The second kappa shape index (κ2) is 7.70. The normalized spacial score (nSPS) is 11.7. The van der Waals surface area contributed by atoms with Crippen LogP contribution in [0.4, 0.5) is 0 Å². The third-order valence-electron chi connectivity index (χ3n) is 3.39. The highest BCUT2D eigenvalue weighted by molar-refractivity contribution is 8.00. The van der Waals surface area contributed by atoms with Crippen molar-refractivity contribution in [3.05, 3.63) is 29.8 Å². The zero-order chi connectivity index (χ0) is 15.2. The summed E-state index contributed by atoms with van der Waals surface area (Å²) in [7, 11) is 0. The zero-order valence-corrected chi connectivity index (χ0v) is 13.6. The molecule has 0 heterocycles. The van der Waals surface area contributed by atoms with Crippen molar-refractivity contribution in [3.8, 4) is 0 Å². The van der Waals surface area contributed by atoms with E-state index in [1.807, 2.05) is 38.1 Å². The van der Waals surface area contributed by atoms with E-state index in [1.165, 1.54) is 0 Å². The Kier molecular flexibility index (Phi) is 6.56. The molecule has 0 saturated heterocycles. The molecule has 4 heteroatoms. The number of rotatable bonds is 7. The van der Waals surface area contributed by atoms with Crippen LogP contribution in [0.1, 0.15) is 50.9 Å². The molecular formula is C16H25NO2S. The van der Waals surface area contributed by atoms with Crippen LogP contribution in [0, 0.1) is 0 Å². The molecule has 0 aliphatic carbocycles. The highest BCUT2D eigenvalue weighted by Gasteiger charge is 2.23. The summed E-state index contributed by atoms with van der Waals surface area (Å²) in [5.74, 6) is -0.117. The summed E-state index contributed by atoms with van der Waals surface area (Å²) in [5.41, 5.74) is -0.128. The average Bonchev–Trinajstić information content (AvgIpc) is 2.44. The molecule has 1 rings (SSSR count). The monoisotopic (exact) mass is 295 g/mol. The minimum absolute atomic E-state index is 0.117. The summed E-state index contributed by atoms with van der Waals surface area (Å²) in [6.45, 7) is 8.36. The second-order valence-corrected chi connectivity index (χ2v) is 6.90. The zero-order valence-electron chi connectivity index (χ0n) is 12.8. The van der Waals surface area contributed by atoms with E-state index in [0.29, 0.717) is 30.2 Å². The van der Waals surface area contributed by atoms with Crippen molar-refractivity contribution >= 4 is 17.7 Å². The molecule has 1 amide bonds. The summed E-state index contributed by atoms with van der Waals surface area (Å²) in [4.78, 5) is 13.3. The molecule has 112 valence electrons. The van der Waals surface area contributed by atoms with Crippen molar-refractivity contribution in [2.24, 2.45) is 0 Å². The van der Waals surface area contributed by atoms with Crippen molar-refractivity contribution in [1.82, 2.24) is 5.32 Å². The van der Waals surface area contributed by atoms with Crippen LogP contribution >= 0.6 is 11.8 Å². The fourth-order valence-electron chi connectivity index (χ4n) is 1.85. The first-order valence-electron chi connectivity index (χ1n) is 7.18. The Balaban J connectivity index is 2.77. The summed E-state index contributed by atoms with van der Waals surface area (Å²) in [6, 6.07) is 7.60. The van der Waals surface area contributed by atoms with E-state index in [-0.39, 0.29) is 5.91 Å². The smallest absolute Gasteiger partial charge is 0.252 e. The molecule has 0 radical (unpaired) electrons. The van der Waals surface area contributed by atoms with Crippen molar-refractivity contribution < 1.29 is 9.90 Å².